The van der Waals surface area contributed by atoms with Crippen molar-refractivity contribution in [2.75, 3.05) is 20.2 Å². The predicted octanol–water partition coefficient (Wildman–Crippen LogP) is 3.39. The summed E-state index contributed by atoms with van der Waals surface area (Å²) in [5.74, 6) is 0.813. The molecule has 0 aliphatic rings. The van der Waals surface area contributed by atoms with E-state index in [-0.39, 0.29) is 11.9 Å². The molecule has 1 N–H and O–H groups in total. The van der Waals surface area contributed by atoms with E-state index in [9.17, 15) is 4.79 Å². The van der Waals surface area contributed by atoms with E-state index in [0.29, 0.717) is 6.54 Å². The molecule has 1 atom stereocenters. The summed E-state index contributed by atoms with van der Waals surface area (Å²) in [6, 6.07) is 17.9. The first-order valence-corrected chi connectivity index (χ1v) is 8.32. The molecular weight excluding hydrogens is 300 g/mol. The summed E-state index contributed by atoms with van der Waals surface area (Å²) in [6.07, 6.45) is 0. The molecule has 0 bridgehead atoms. The van der Waals surface area contributed by atoms with Gasteiger partial charge in [0.05, 0.1) is 19.7 Å². The first-order valence-electron chi connectivity index (χ1n) is 8.32. The van der Waals surface area contributed by atoms with Crippen molar-refractivity contribution in [3.05, 3.63) is 65.7 Å². The average molecular weight is 326 g/mol. The Hall–Kier alpha value is -2.33. The summed E-state index contributed by atoms with van der Waals surface area (Å²) in [6.45, 7) is 6.02. The van der Waals surface area contributed by atoms with Gasteiger partial charge in [0.2, 0.25) is 5.91 Å². The normalized spacial score (nSPS) is 12.0. The van der Waals surface area contributed by atoms with Crippen LogP contribution in [0, 0.1) is 0 Å². The number of para-hydroxylation sites is 1. The molecule has 0 radical (unpaired) electrons. The van der Waals surface area contributed by atoms with Gasteiger partial charge in [0.15, 0.2) is 0 Å². The molecule has 0 saturated heterocycles. The number of ether oxygens (including phenoxy) is 1. The number of rotatable bonds is 8. The lowest BCUT2D eigenvalue weighted by molar-refractivity contribution is -0.123. The lowest BCUT2D eigenvalue weighted by Crippen LogP contribution is -2.38. The first-order chi connectivity index (χ1) is 11.6. The SMILES string of the molecule is CCN(CC(=O)N[C@H](C)c1ccccc1OC)Cc1ccccc1. The van der Waals surface area contributed by atoms with Gasteiger partial charge in [0.1, 0.15) is 5.75 Å². The Bertz CT molecular complexity index is 643. The zero-order valence-corrected chi connectivity index (χ0v) is 14.7. The molecule has 0 fully saturated rings. The smallest absolute Gasteiger partial charge is 0.234 e. The van der Waals surface area contributed by atoms with Gasteiger partial charge < -0.3 is 10.1 Å². The van der Waals surface area contributed by atoms with Crippen LogP contribution in [0.4, 0.5) is 0 Å². The van der Waals surface area contributed by atoms with Crippen molar-refractivity contribution in [2.45, 2.75) is 26.4 Å². The highest BCUT2D eigenvalue weighted by Crippen LogP contribution is 2.24. The topological polar surface area (TPSA) is 41.6 Å². The highest BCUT2D eigenvalue weighted by atomic mass is 16.5. The van der Waals surface area contributed by atoms with Gasteiger partial charge in [-0.1, -0.05) is 55.5 Å². The first kappa shape index (κ1) is 18.0. The number of carbonyl (C=O) groups excluding carboxylic acids is 1. The van der Waals surface area contributed by atoms with Gasteiger partial charge in [0, 0.05) is 12.1 Å². The Morgan fingerprint density at radius 3 is 2.46 bits per heavy atom. The Morgan fingerprint density at radius 2 is 1.79 bits per heavy atom. The maximum Gasteiger partial charge on any atom is 0.234 e. The minimum atomic E-state index is -0.0934. The minimum absolute atomic E-state index is 0.0196. The molecule has 128 valence electrons. The molecule has 1 amide bonds. The number of carbonyl (C=O) groups is 1. The van der Waals surface area contributed by atoms with E-state index in [0.717, 1.165) is 24.4 Å². The van der Waals surface area contributed by atoms with Gasteiger partial charge in [-0.15, -0.1) is 0 Å². The Labute approximate surface area is 144 Å². The van der Waals surface area contributed by atoms with Gasteiger partial charge in [-0.05, 0) is 25.1 Å². The van der Waals surface area contributed by atoms with Crippen LogP contribution in [0.1, 0.15) is 31.0 Å². The number of likely N-dealkylation sites (N-methyl/N-ethyl adjacent to an activating group) is 1. The van der Waals surface area contributed by atoms with E-state index in [2.05, 4.69) is 29.3 Å². The van der Waals surface area contributed by atoms with Crippen molar-refractivity contribution < 1.29 is 9.53 Å². The summed E-state index contributed by atoms with van der Waals surface area (Å²) >= 11 is 0. The van der Waals surface area contributed by atoms with Crippen LogP contribution in [0.15, 0.2) is 54.6 Å². The third-order valence-corrected chi connectivity index (χ3v) is 4.05. The van der Waals surface area contributed by atoms with Crippen molar-refractivity contribution >= 4 is 5.91 Å². The molecule has 0 aliphatic heterocycles. The zero-order chi connectivity index (χ0) is 17.4. The number of nitrogens with zero attached hydrogens (tertiary/aromatic N) is 1. The molecular formula is C20H26N2O2. The fourth-order valence-electron chi connectivity index (χ4n) is 2.71. The lowest BCUT2D eigenvalue weighted by atomic mass is 10.1. The highest BCUT2D eigenvalue weighted by Gasteiger charge is 2.15. The molecule has 4 nitrogen and oxygen atoms in total. The lowest BCUT2D eigenvalue weighted by Gasteiger charge is -2.22. The molecule has 4 heteroatoms. The summed E-state index contributed by atoms with van der Waals surface area (Å²) in [5.41, 5.74) is 2.20. The van der Waals surface area contributed by atoms with Crippen LogP contribution in [0.3, 0.4) is 0 Å². The molecule has 2 rings (SSSR count). The molecule has 24 heavy (non-hydrogen) atoms. The molecule has 0 saturated carbocycles. The van der Waals surface area contributed by atoms with E-state index in [4.69, 9.17) is 4.74 Å². The fourth-order valence-corrected chi connectivity index (χ4v) is 2.71. The maximum atomic E-state index is 12.4. The monoisotopic (exact) mass is 326 g/mol. The van der Waals surface area contributed by atoms with Crippen LogP contribution < -0.4 is 10.1 Å². The average Bonchev–Trinajstić information content (AvgIpc) is 2.61. The maximum absolute atomic E-state index is 12.4. The van der Waals surface area contributed by atoms with Crippen molar-refractivity contribution in [1.29, 1.82) is 0 Å². The molecule has 0 heterocycles. The van der Waals surface area contributed by atoms with Crippen LogP contribution in [-0.2, 0) is 11.3 Å². The number of nitrogens with one attached hydrogen (secondary N) is 1. The summed E-state index contributed by atoms with van der Waals surface area (Å²) in [5, 5.41) is 3.06. The Morgan fingerprint density at radius 1 is 1.12 bits per heavy atom. The van der Waals surface area contributed by atoms with Crippen LogP contribution in [-0.4, -0.2) is 31.0 Å². The predicted molar refractivity (Wildman–Crippen MR) is 96.9 cm³/mol. The second-order valence-electron chi connectivity index (χ2n) is 5.82. The largest absolute Gasteiger partial charge is 0.496 e. The summed E-state index contributed by atoms with van der Waals surface area (Å²) < 4.78 is 5.37. The van der Waals surface area contributed by atoms with Crippen molar-refractivity contribution in [3.8, 4) is 5.75 Å². The van der Waals surface area contributed by atoms with Gasteiger partial charge >= 0.3 is 0 Å². The summed E-state index contributed by atoms with van der Waals surface area (Å²) in [7, 11) is 1.64. The van der Waals surface area contributed by atoms with E-state index in [1.165, 1.54) is 5.56 Å². The number of amides is 1. The molecule has 0 spiro atoms. The standard InChI is InChI=1S/C20H26N2O2/c1-4-22(14-17-10-6-5-7-11-17)15-20(23)21-16(2)18-12-8-9-13-19(18)24-3/h5-13,16H,4,14-15H2,1-3H3,(H,21,23)/t16-/m1/s1. The Kier molecular flexibility index (Phi) is 6.82. The molecule has 0 aromatic heterocycles. The quantitative estimate of drug-likeness (QED) is 0.808. The molecule has 0 aliphatic carbocycles. The van der Waals surface area contributed by atoms with Crippen molar-refractivity contribution in [3.63, 3.8) is 0 Å². The fraction of sp³-hybridized carbons (Fsp3) is 0.350. The molecule has 2 aromatic carbocycles. The van der Waals surface area contributed by atoms with Crippen molar-refractivity contribution in [1.82, 2.24) is 10.2 Å². The number of methoxy groups -OCH3 is 1. The molecule has 2 aromatic rings. The summed E-state index contributed by atoms with van der Waals surface area (Å²) in [4.78, 5) is 14.5. The second-order valence-corrected chi connectivity index (χ2v) is 5.82. The highest BCUT2D eigenvalue weighted by molar-refractivity contribution is 5.78. The van der Waals surface area contributed by atoms with Gasteiger partial charge in [-0.25, -0.2) is 0 Å². The number of hydrogen-bond donors (Lipinski definition) is 1. The second kappa shape index (κ2) is 9.08. The Balaban J connectivity index is 1.93. The van der Waals surface area contributed by atoms with Gasteiger partial charge in [-0.2, -0.15) is 0 Å². The third-order valence-electron chi connectivity index (χ3n) is 4.05. The van der Waals surface area contributed by atoms with Crippen LogP contribution in [0.5, 0.6) is 5.75 Å². The van der Waals surface area contributed by atoms with Gasteiger partial charge in [-0.3, -0.25) is 9.69 Å². The van der Waals surface area contributed by atoms with Crippen LogP contribution in [0.25, 0.3) is 0 Å². The van der Waals surface area contributed by atoms with Crippen molar-refractivity contribution in [2.24, 2.45) is 0 Å². The van der Waals surface area contributed by atoms with E-state index < -0.39 is 0 Å². The van der Waals surface area contributed by atoms with Crippen LogP contribution in [0.2, 0.25) is 0 Å². The third kappa shape index (κ3) is 5.10. The van der Waals surface area contributed by atoms with E-state index in [1.807, 2.05) is 49.4 Å². The van der Waals surface area contributed by atoms with Gasteiger partial charge in [0.25, 0.3) is 0 Å². The number of hydrogen-bond acceptors (Lipinski definition) is 3. The zero-order valence-electron chi connectivity index (χ0n) is 14.7. The van der Waals surface area contributed by atoms with Crippen LogP contribution >= 0.6 is 0 Å². The number of benzene rings is 2. The minimum Gasteiger partial charge on any atom is -0.496 e. The molecule has 0 unspecified atom stereocenters. The van der Waals surface area contributed by atoms with E-state index in [1.54, 1.807) is 7.11 Å². The van der Waals surface area contributed by atoms with E-state index >= 15 is 0 Å².